The first-order chi connectivity index (χ1) is 25.5. The van der Waals surface area contributed by atoms with E-state index in [0.29, 0.717) is 12.2 Å². The fraction of sp³-hybridized carbons (Fsp3) is 0.421. The summed E-state index contributed by atoms with van der Waals surface area (Å²) in [4.78, 5) is 57.8. The van der Waals surface area contributed by atoms with Crippen molar-refractivity contribution in [1.82, 2.24) is 20.0 Å². The Labute approximate surface area is 315 Å². The van der Waals surface area contributed by atoms with E-state index >= 15 is 0 Å². The molecule has 2 atom stereocenters. The van der Waals surface area contributed by atoms with E-state index in [0.717, 1.165) is 80.4 Å². The first-order valence-electron chi connectivity index (χ1n) is 18.1. The predicted octanol–water partition coefficient (Wildman–Crippen LogP) is 3.52. The Bertz CT molecular complexity index is 1940. The second-order valence-electron chi connectivity index (χ2n) is 13.8. The number of hydrogen-bond donors (Lipinski definition) is 4. The molecule has 0 bridgehead atoms. The van der Waals surface area contributed by atoms with Crippen molar-refractivity contribution < 1.29 is 27.6 Å². The third-order valence-corrected chi connectivity index (χ3v) is 12.1. The molecule has 3 aliphatic heterocycles. The van der Waals surface area contributed by atoms with Gasteiger partial charge in [-0.1, -0.05) is 24.3 Å². The number of amides is 4. The first-order valence-corrected chi connectivity index (χ1v) is 20.6. The molecular formula is C38H47N7O6S2. The molecule has 3 aromatic rings. The van der Waals surface area contributed by atoms with E-state index in [1.807, 2.05) is 25.1 Å². The molecule has 0 saturated carbocycles. The van der Waals surface area contributed by atoms with E-state index in [4.69, 9.17) is 5.14 Å². The number of nitrogens with zero attached hydrogens (tertiary/aromatic N) is 3. The molecule has 2 saturated heterocycles. The molecule has 3 aliphatic rings. The number of nitrogens with two attached hydrogens (primary N) is 1. The SMILES string of the molecule is Cc1cc(S(N)(=O)=O)ccc1N[C@H](CCN1CCN(CCCCNc2cccc3c2C(=O)N(C2CCC(=O)NC2=O)C3=O)CC1)CSc1ccccc1. The summed E-state index contributed by atoms with van der Waals surface area (Å²) in [6.07, 6.45) is 3.00. The van der Waals surface area contributed by atoms with Gasteiger partial charge in [0.05, 0.1) is 16.0 Å². The van der Waals surface area contributed by atoms with E-state index in [1.54, 1.807) is 48.2 Å². The Kier molecular flexibility index (Phi) is 12.5. The van der Waals surface area contributed by atoms with Crippen LogP contribution >= 0.6 is 11.8 Å². The van der Waals surface area contributed by atoms with Crippen LogP contribution in [-0.4, -0.2) is 110 Å². The van der Waals surface area contributed by atoms with Crippen molar-refractivity contribution in [1.29, 1.82) is 0 Å². The van der Waals surface area contributed by atoms with Crippen LogP contribution in [0.25, 0.3) is 0 Å². The van der Waals surface area contributed by atoms with Gasteiger partial charge in [-0.25, -0.2) is 13.6 Å². The summed E-state index contributed by atoms with van der Waals surface area (Å²) in [7, 11) is -3.77. The summed E-state index contributed by atoms with van der Waals surface area (Å²) in [5.74, 6) is -1.17. The molecule has 5 N–H and O–H groups in total. The Morgan fingerprint density at radius 2 is 1.62 bits per heavy atom. The Balaban J connectivity index is 0.940. The normalized spacial score (nSPS) is 18.9. The van der Waals surface area contributed by atoms with Crippen molar-refractivity contribution in [3.05, 3.63) is 83.4 Å². The van der Waals surface area contributed by atoms with Crippen LogP contribution in [0.1, 0.15) is 58.4 Å². The molecule has 3 heterocycles. The number of piperidine rings is 1. The monoisotopic (exact) mass is 761 g/mol. The van der Waals surface area contributed by atoms with Crippen molar-refractivity contribution in [2.75, 3.05) is 62.2 Å². The minimum Gasteiger partial charge on any atom is -0.384 e. The van der Waals surface area contributed by atoms with Gasteiger partial charge in [0.1, 0.15) is 6.04 Å². The number of unbranched alkanes of at least 4 members (excludes halogenated alkanes) is 1. The number of imide groups is 2. The van der Waals surface area contributed by atoms with Crippen molar-refractivity contribution in [2.24, 2.45) is 5.14 Å². The van der Waals surface area contributed by atoms with Crippen LogP contribution in [0.4, 0.5) is 11.4 Å². The standard InChI is InChI=1S/C38H47N7O6S2/c1-26-24-29(53(39,50)51)12-13-31(26)41-27(25-52-28-8-3-2-4-9-28)16-19-44-22-20-43(21-23-44)18-6-5-17-40-32-11-7-10-30-35(32)38(49)45(37(30)48)33-14-15-34(46)42-36(33)47/h2-4,7-13,24,27,33,40-41H,5-6,14-23,25H2,1H3,(H2,39,50,51)(H,42,46,47)/t27-,33?/m1/s1. The molecule has 282 valence electrons. The molecule has 2 fully saturated rings. The lowest BCUT2D eigenvalue weighted by molar-refractivity contribution is -0.136. The van der Waals surface area contributed by atoms with Gasteiger partial charge >= 0.3 is 0 Å². The highest BCUT2D eigenvalue weighted by atomic mass is 32.2. The molecule has 53 heavy (non-hydrogen) atoms. The number of anilines is 2. The van der Waals surface area contributed by atoms with Crippen molar-refractivity contribution in [3.63, 3.8) is 0 Å². The van der Waals surface area contributed by atoms with E-state index in [1.165, 1.54) is 4.90 Å². The van der Waals surface area contributed by atoms with Crippen LogP contribution in [0.2, 0.25) is 0 Å². The van der Waals surface area contributed by atoms with Gasteiger partial charge in [0, 0.05) is 73.8 Å². The third-order valence-electron chi connectivity index (χ3n) is 10.0. The number of hydrogen-bond acceptors (Lipinski definition) is 11. The second kappa shape index (κ2) is 17.2. The molecule has 13 nitrogen and oxygen atoms in total. The van der Waals surface area contributed by atoms with Gasteiger partial charge in [-0.05, 0) is 87.2 Å². The highest BCUT2D eigenvalue weighted by Crippen LogP contribution is 2.32. The quantitative estimate of drug-likeness (QED) is 0.0956. The van der Waals surface area contributed by atoms with Crippen molar-refractivity contribution >= 4 is 56.8 Å². The van der Waals surface area contributed by atoms with Crippen LogP contribution in [0.3, 0.4) is 0 Å². The molecule has 3 aromatic carbocycles. The molecule has 0 aromatic heterocycles. The summed E-state index contributed by atoms with van der Waals surface area (Å²) in [5.41, 5.74) is 2.87. The zero-order valence-corrected chi connectivity index (χ0v) is 31.5. The Morgan fingerprint density at radius 1 is 0.887 bits per heavy atom. The maximum Gasteiger partial charge on any atom is 0.264 e. The third kappa shape index (κ3) is 9.64. The molecule has 15 heteroatoms. The number of carbonyl (C=O) groups excluding carboxylic acids is 4. The molecule has 0 aliphatic carbocycles. The number of thioether (sulfide) groups is 1. The highest BCUT2D eigenvalue weighted by Gasteiger charge is 2.45. The van der Waals surface area contributed by atoms with E-state index < -0.39 is 39.7 Å². The lowest BCUT2D eigenvalue weighted by Gasteiger charge is -2.35. The van der Waals surface area contributed by atoms with Gasteiger partial charge in [0.25, 0.3) is 11.8 Å². The van der Waals surface area contributed by atoms with Gasteiger partial charge in [-0.3, -0.25) is 29.4 Å². The first kappa shape index (κ1) is 38.4. The summed E-state index contributed by atoms with van der Waals surface area (Å²) in [6, 6.07) is 19.6. The number of sulfonamides is 1. The van der Waals surface area contributed by atoms with Crippen LogP contribution < -0.4 is 21.1 Å². The highest BCUT2D eigenvalue weighted by molar-refractivity contribution is 7.99. The summed E-state index contributed by atoms with van der Waals surface area (Å²) in [5, 5.41) is 14.6. The maximum absolute atomic E-state index is 13.4. The summed E-state index contributed by atoms with van der Waals surface area (Å²) < 4.78 is 23.7. The van der Waals surface area contributed by atoms with Crippen molar-refractivity contribution in [3.8, 4) is 0 Å². The van der Waals surface area contributed by atoms with Crippen LogP contribution in [0.15, 0.2) is 76.5 Å². The minimum atomic E-state index is -3.77. The minimum absolute atomic E-state index is 0.0836. The smallest absolute Gasteiger partial charge is 0.264 e. The van der Waals surface area contributed by atoms with Gasteiger partial charge in [0.15, 0.2) is 0 Å². The molecule has 0 spiro atoms. The Morgan fingerprint density at radius 3 is 2.32 bits per heavy atom. The number of fused-ring (bicyclic) bond motifs is 1. The average Bonchev–Trinajstić information content (AvgIpc) is 3.39. The van der Waals surface area contributed by atoms with Crippen LogP contribution in [0.5, 0.6) is 0 Å². The number of piperazine rings is 1. The van der Waals surface area contributed by atoms with E-state index in [2.05, 4.69) is 37.9 Å². The Hall–Kier alpha value is -4.28. The second-order valence-corrected chi connectivity index (χ2v) is 16.4. The number of nitrogens with one attached hydrogen (secondary N) is 3. The number of aryl methyl sites for hydroxylation is 1. The van der Waals surface area contributed by atoms with E-state index in [-0.39, 0.29) is 34.9 Å². The topological polar surface area (TPSA) is 174 Å². The van der Waals surface area contributed by atoms with Gasteiger partial charge in [0.2, 0.25) is 21.8 Å². The molecular weight excluding hydrogens is 715 g/mol. The van der Waals surface area contributed by atoms with Gasteiger partial charge < -0.3 is 20.4 Å². The zero-order valence-electron chi connectivity index (χ0n) is 29.9. The average molecular weight is 762 g/mol. The number of benzene rings is 3. The lowest BCUT2D eigenvalue weighted by Crippen LogP contribution is -2.54. The molecule has 4 amide bonds. The molecule has 0 radical (unpaired) electrons. The van der Waals surface area contributed by atoms with E-state index in [9.17, 15) is 27.6 Å². The van der Waals surface area contributed by atoms with Crippen LogP contribution in [-0.2, 0) is 19.6 Å². The number of rotatable bonds is 16. The number of primary sulfonamides is 1. The fourth-order valence-corrected chi connectivity index (χ4v) is 8.62. The van der Waals surface area contributed by atoms with Crippen LogP contribution in [0, 0.1) is 6.92 Å². The molecule has 6 rings (SSSR count). The molecule has 1 unspecified atom stereocenters. The predicted molar refractivity (Wildman–Crippen MR) is 205 cm³/mol. The maximum atomic E-state index is 13.4. The lowest BCUT2D eigenvalue weighted by atomic mass is 10.0. The summed E-state index contributed by atoms with van der Waals surface area (Å²) >= 11 is 1.80. The summed E-state index contributed by atoms with van der Waals surface area (Å²) in [6.45, 7) is 8.37. The number of carbonyl (C=O) groups is 4. The zero-order chi connectivity index (χ0) is 37.5. The van der Waals surface area contributed by atoms with Gasteiger partial charge in [-0.15, -0.1) is 11.8 Å². The van der Waals surface area contributed by atoms with Gasteiger partial charge in [-0.2, -0.15) is 0 Å². The largest absolute Gasteiger partial charge is 0.384 e. The fourth-order valence-electron chi connectivity index (χ4n) is 7.03. The van der Waals surface area contributed by atoms with Crippen molar-refractivity contribution in [2.45, 2.75) is 60.9 Å².